The lowest BCUT2D eigenvalue weighted by atomic mass is 10.1. The molecule has 0 amide bonds. The summed E-state index contributed by atoms with van der Waals surface area (Å²) in [5, 5.41) is 3.52. The second kappa shape index (κ2) is 8.29. The molecule has 1 unspecified atom stereocenters. The van der Waals surface area contributed by atoms with Crippen molar-refractivity contribution in [2.75, 3.05) is 14.1 Å². The Morgan fingerprint density at radius 2 is 1.88 bits per heavy atom. The molecule has 2 nitrogen and oxygen atoms in total. The molecule has 0 aliphatic heterocycles. The summed E-state index contributed by atoms with van der Waals surface area (Å²) >= 11 is 0. The zero-order valence-electron chi connectivity index (χ0n) is 10.9. The Morgan fingerprint density at radius 3 is 2.29 bits per heavy atom. The Hall–Kier alpha value is -0.830. The summed E-state index contributed by atoms with van der Waals surface area (Å²) < 4.78 is 0. The van der Waals surface area contributed by atoms with Crippen LogP contribution < -0.4 is 5.32 Å². The summed E-state index contributed by atoms with van der Waals surface area (Å²) in [5.74, 6) is 0. The Balaban J connectivity index is 0.00000256. The quantitative estimate of drug-likeness (QED) is 0.785. The van der Waals surface area contributed by atoms with Gasteiger partial charge in [0.25, 0.3) is 0 Å². The van der Waals surface area contributed by atoms with Crippen molar-refractivity contribution in [3.05, 3.63) is 42.0 Å². The molecule has 96 valence electrons. The Kier molecular flexibility index (Phi) is 7.88. The molecule has 17 heavy (non-hydrogen) atoms. The number of rotatable bonds is 6. The topological polar surface area (TPSA) is 15.3 Å². The molecule has 0 fully saturated rings. The van der Waals surface area contributed by atoms with Crippen molar-refractivity contribution in [3.8, 4) is 0 Å². The van der Waals surface area contributed by atoms with Gasteiger partial charge in [0.05, 0.1) is 6.17 Å². The standard InChI is InChI=1S/C14H22N2.ClH/c1-5-12-7-9-13(10-8-12)11-15-14(6-2)16(3)4;/h5,7-10,14-15H,1,6,11H2,2-4H3;1H. The zero-order chi connectivity index (χ0) is 12.0. The second-order valence-corrected chi connectivity index (χ2v) is 4.21. The van der Waals surface area contributed by atoms with E-state index >= 15 is 0 Å². The van der Waals surface area contributed by atoms with Gasteiger partial charge in [-0.25, -0.2) is 0 Å². The number of halogens is 1. The summed E-state index contributed by atoms with van der Waals surface area (Å²) in [6.45, 7) is 6.85. The van der Waals surface area contributed by atoms with E-state index in [9.17, 15) is 0 Å². The molecular weight excluding hydrogens is 232 g/mol. The van der Waals surface area contributed by atoms with Gasteiger partial charge in [-0.05, 0) is 31.6 Å². The van der Waals surface area contributed by atoms with Crippen LogP contribution in [0, 0.1) is 0 Å². The highest BCUT2D eigenvalue weighted by Gasteiger charge is 2.06. The summed E-state index contributed by atoms with van der Waals surface area (Å²) in [6, 6.07) is 8.49. The first-order valence-electron chi connectivity index (χ1n) is 5.78. The molecule has 0 bridgehead atoms. The van der Waals surface area contributed by atoms with Gasteiger partial charge in [0.1, 0.15) is 0 Å². The average molecular weight is 255 g/mol. The lowest BCUT2D eigenvalue weighted by Crippen LogP contribution is -2.40. The Morgan fingerprint density at radius 1 is 1.29 bits per heavy atom. The average Bonchev–Trinajstić information content (AvgIpc) is 2.30. The maximum absolute atomic E-state index is 3.75. The molecule has 0 saturated heterocycles. The molecule has 0 saturated carbocycles. The van der Waals surface area contributed by atoms with Crippen molar-refractivity contribution in [1.82, 2.24) is 10.2 Å². The van der Waals surface area contributed by atoms with Crippen LogP contribution in [0.25, 0.3) is 6.08 Å². The maximum atomic E-state index is 3.75. The third-order valence-electron chi connectivity index (χ3n) is 2.77. The van der Waals surface area contributed by atoms with Gasteiger partial charge in [-0.2, -0.15) is 0 Å². The molecule has 1 aromatic carbocycles. The monoisotopic (exact) mass is 254 g/mol. The van der Waals surface area contributed by atoms with Crippen LogP contribution in [0.3, 0.4) is 0 Å². The Bertz CT molecular complexity index is 319. The van der Waals surface area contributed by atoms with E-state index in [4.69, 9.17) is 0 Å². The largest absolute Gasteiger partial charge is 0.298 e. The van der Waals surface area contributed by atoms with Crippen molar-refractivity contribution < 1.29 is 0 Å². The lowest BCUT2D eigenvalue weighted by molar-refractivity contribution is 0.237. The summed E-state index contributed by atoms with van der Waals surface area (Å²) in [7, 11) is 4.20. The fraction of sp³-hybridized carbons (Fsp3) is 0.429. The molecule has 0 radical (unpaired) electrons. The van der Waals surface area contributed by atoms with Crippen LogP contribution >= 0.6 is 12.4 Å². The smallest absolute Gasteiger partial charge is 0.0591 e. The van der Waals surface area contributed by atoms with E-state index < -0.39 is 0 Å². The van der Waals surface area contributed by atoms with E-state index in [1.807, 2.05) is 6.08 Å². The number of hydrogen-bond acceptors (Lipinski definition) is 2. The predicted octanol–water partition coefficient (Wildman–Crippen LogP) is 3.14. The highest BCUT2D eigenvalue weighted by molar-refractivity contribution is 5.85. The minimum absolute atomic E-state index is 0. The van der Waals surface area contributed by atoms with E-state index in [0.29, 0.717) is 6.17 Å². The van der Waals surface area contributed by atoms with Gasteiger partial charge in [-0.15, -0.1) is 12.4 Å². The van der Waals surface area contributed by atoms with Gasteiger partial charge in [-0.1, -0.05) is 43.8 Å². The van der Waals surface area contributed by atoms with E-state index in [1.54, 1.807) is 0 Å². The molecule has 0 spiro atoms. The minimum Gasteiger partial charge on any atom is -0.298 e. The molecule has 1 aromatic rings. The molecular formula is C14H23ClN2. The van der Waals surface area contributed by atoms with Crippen molar-refractivity contribution in [3.63, 3.8) is 0 Å². The highest BCUT2D eigenvalue weighted by atomic mass is 35.5. The molecule has 1 atom stereocenters. The third-order valence-corrected chi connectivity index (χ3v) is 2.77. The molecule has 1 N–H and O–H groups in total. The molecule has 0 heterocycles. The number of benzene rings is 1. The van der Waals surface area contributed by atoms with Crippen LogP contribution in [0.4, 0.5) is 0 Å². The molecule has 0 aliphatic carbocycles. The first-order valence-corrected chi connectivity index (χ1v) is 5.78. The predicted molar refractivity (Wildman–Crippen MR) is 78.4 cm³/mol. The van der Waals surface area contributed by atoms with E-state index in [1.165, 1.54) is 11.1 Å². The van der Waals surface area contributed by atoms with Crippen molar-refractivity contribution in [1.29, 1.82) is 0 Å². The molecule has 0 aliphatic rings. The number of nitrogens with one attached hydrogen (secondary N) is 1. The summed E-state index contributed by atoms with van der Waals surface area (Å²) in [5.41, 5.74) is 2.48. The zero-order valence-corrected chi connectivity index (χ0v) is 11.8. The van der Waals surface area contributed by atoms with Crippen LogP contribution in [-0.4, -0.2) is 25.2 Å². The first kappa shape index (κ1) is 16.2. The first-order chi connectivity index (χ1) is 7.67. The molecule has 0 aromatic heterocycles. The minimum atomic E-state index is 0. The van der Waals surface area contributed by atoms with Crippen LogP contribution in [-0.2, 0) is 6.54 Å². The van der Waals surface area contributed by atoms with Crippen molar-refractivity contribution in [2.45, 2.75) is 26.1 Å². The van der Waals surface area contributed by atoms with Gasteiger partial charge in [-0.3, -0.25) is 10.2 Å². The van der Waals surface area contributed by atoms with E-state index in [0.717, 1.165) is 13.0 Å². The van der Waals surface area contributed by atoms with Gasteiger partial charge in [0.15, 0.2) is 0 Å². The van der Waals surface area contributed by atoms with Gasteiger partial charge < -0.3 is 0 Å². The Labute approximate surface area is 111 Å². The van der Waals surface area contributed by atoms with Gasteiger partial charge in [0.2, 0.25) is 0 Å². The van der Waals surface area contributed by atoms with Crippen LogP contribution in [0.5, 0.6) is 0 Å². The van der Waals surface area contributed by atoms with Gasteiger partial charge in [0, 0.05) is 6.54 Å². The van der Waals surface area contributed by atoms with E-state index in [2.05, 4.69) is 62.1 Å². The fourth-order valence-electron chi connectivity index (χ4n) is 1.70. The van der Waals surface area contributed by atoms with Gasteiger partial charge >= 0.3 is 0 Å². The normalized spacial score (nSPS) is 12.0. The lowest BCUT2D eigenvalue weighted by Gasteiger charge is -2.24. The van der Waals surface area contributed by atoms with Crippen molar-refractivity contribution >= 4 is 18.5 Å². The fourth-order valence-corrected chi connectivity index (χ4v) is 1.70. The second-order valence-electron chi connectivity index (χ2n) is 4.21. The van der Waals surface area contributed by atoms with Crippen molar-refractivity contribution in [2.24, 2.45) is 0 Å². The molecule has 1 rings (SSSR count). The number of hydrogen-bond donors (Lipinski definition) is 1. The molecule has 3 heteroatoms. The maximum Gasteiger partial charge on any atom is 0.0591 e. The summed E-state index contributed by atoms with van der Waals surface area (Å²) in [4.78, 5) is 2.21. The third kappa shape index (κ3) is 5.35. The summed E-state index contributed by atoms with van der Waals surface area (Å²) in [6.07, 6.45) is 3.42. The number of nitrogens with zero attached hydrogens (tertiary/aromatic N) is 1. The highest BCUT2D eigenvalue weighted by Crippen LogP contribution is 2.06. The van der Waals surface area contributed by atoms with Crippen LogP contribution in [0.15, 0.2) is 30.8 Å². The van der Waals surface area contributed by atoms with E-state index in [-0.39, 0.29) is 12.4 Å². The van der Waals surface area contributed by atoms with Crippen LogP contribution in [0.1, 0.15) is 24.5 Å². The van der Waals surface area contributed by atoms with Crippen LogP contribution in [0.2, 0.25) is 0 Å². The SMILES string of the molecule is C=Cc1ccc(CNC(CC)N(C)C)cc1.Cl.